The number of β-amino-alcohol motifs (C(OH)–C–C–N with tert-alkyl or cyclic N) is 1. The van der Waals surface area contributed by atoms with Gasteiger partial charge in [-0.05, 0) is 49.2 Å². The Bertz CT molecular complexity index is 1150. The van der Waals surface area contributed by atoms with Crippen molar-refractivity contribution in [1.82, 2.24) is 15.2 Å². The third-order valence-electron chi connectivity index (χ3n) is 5.61. The molecule has 3 aromatic rings. The highest BCUT2D eigenvalue weighted by Gasteiger charge is 2.23. The number of aromatic nitrogens is 1. The average Bonchev–Trinajstić information content (AvgIpc) is 2.80. The number of carbonyl (C=O) groups is 1. The number of carbonyl (C=O) groups excluding carboxylic acids is 1. The molecule has 1 aliphatic rings. The zero-order valence-electron chi connectivity index (χ0n) is 18.3. The summed E-state index contributed by atoms with van der Waals surface area (Å²) >= 11 is 11.7. The Hall–Kier alpha value is -2.10. The summed E-state index contributed by atoms with van der Waals surface area (Å²) in [6.45, 7) is 1.96. The standard InChI is InChI=1S/C24H24Cl2FN3O3.H2S/c25-16-2-6-22-15(11-16)1-5-23(29-22)24(32)28-17-7-9-30(10-8-17)13-18(31)14-33-19-3-4-20(26)21(27)12-19;/h1-6,11-12,17-18,31H,7-10,13-14H2,(H,28,32);1H2/t18-;/m0./s1. The first-order valence-electron chi connectivity index (χ1n) is 10.7. The summed E-state index contributed by atoms with van der Waals surface area (Å²) in [5, 5.41) is 14.9. The Morgan fingerprint density at radius 1 is 1.18 bits per heavy atom. The number of aliphatic hydroxyl groups is 1. The van der Waals surface area contributed by atoms with E-state index in [-0.39, 0.29) is 37.1 Å². The minimum Gasteiger partial charge on any atom is -0.491 e. The van der Waals surface area contributed by atoms with E-state index in [0.717, 1.165) is 36.8 Å². The second kappa shape index (κ2) is 12.0. The fourth-order valence-electron chi connectivity index (χ4n) is 3.85. The lowest BCUT2D eigenvalue weighted by Crippen LogP contribution is -2.47. The first kappa shape index (κ1) is 26.5. The molecule has 0 saturated carbocycles. The van der Waals surface area contributed by atoms with E-state index in [2.05, 4.69) is 15.2 Å². The van der Waals surface area contributed by atoms with Crippen LogP contribution in [0.5, 0.6) is 5.75 Å². The van der Waals surface area contributed by atoms with Crippen molar-refractivity contribution >= 4 is 53.5 Å². The van der Waals surface area contributed by atoms with Crippen molar-refractivity contribution < 1.29 is 19.0 Å². The molecule has 1 aromatic heterocycles. The quantitative estimate of drug-likeness (QED) is 0.477. The van der Waals surface area contributed by atoms with Crippen molar-refractivity contribution in [3.05, 3.63) is 70.1 Å². The topological polar surface area (TPSA) is 74.7 Å². The lowest BCUT2D eigenvalue weighted by molar-refractivity contribution is 0.0566. The molecule has 1 atom stereocenters. The molecule has 2 aromatic carbocycles. The maximum atomic E-state index is 13.5. The number of fused-ring (bicyclic) bond motifs is 1. The van der Waals surface area contributed by atoms with Gasteiger partial charge in [0, 0.05) is 42.2 Å². The maximum Gasteiger partial charge on any atom is 0.270 e. The van der Waals surface area contributed by atoms with Crippen LogP contribution in [0.25, 0.3) is 10.9 Å². The van der Waals surface area contributed by atoms with Crippen LogP contribution in [0.15, 0.2) is 48.5 Å². The van der Waals surface area contributed by atoms with Gasteiger partial charge in [-0.3, -0.25) is 4.79 Å². The van der Waals surface area contributed by atoms with Gasteiger partial charge in [0.05, 0.1) is 10.5 Å². The molecule has 2 N–H and O–H groups in total. The third-order valence-corrected chi connectivity index (χ3v) is 6.15. The molecule has 10 heteroatoms. The molecular weight excluding hydrogens is 500 g/mol. The number of hydrogen-bond donors (Lipinski definition) is 2. The first-order chi connectivity index (χ1) is 15.9. The van der Waals surface area contributed by atoms with Gasteiger partial charge in [0.2, 0.25) is 0 Å². The molecule has 0 radical (unpaired) electrons. The molecule has 34 heavy (non-hydrogen) atoms. The number of nitrogens with zero attached hydrogens (tertiary/aromatic N) is 2. The summed E-state index contributed by atoms with van der Waals surface area (Å²) in [5.41, 5.74) is 1.10. The monoisotopic (exact) mass is 525 g/mol. The van der Waals surface area contributed by atoms with Crippen LogP contribution in [0.2, 0.25) is 10.0 Å². The molecule has 6 nitrogen and oxygen atoms in total. The molecule has 1 aliphatic heterocycles. The number of halogens is 3. The largest absolute Gasteiger partial charge is 0.491 e. The highest BCUT2D eigenvalue weighted by Crippen LogP contribution is 2.21. The van der Waals surface area contributed by atoms with Crippen LogP contribution in [0.4, 0.5) is 4.39 Å². The maximum absolute atomic E-state index is 13.5. The molecular formula is C24H26Cl2FN3O3S. The van der Waals surface area contributed by atoms with E-state index in [4.69, 9.17) is 27.9 Å². The highest BCUT2D eigenvalue weighted by atomic mass is 35.5. The molecule has 1 amide bonds. The number of rotatable bonds is 7. The van der Waals surface area contributed by atoms with Crippen molar-refractivity contribution in [3.63, 3.8) is 0 Å². The number of amides is 1. The summed E-state index contributed by atoms with van der Waals surface area (Å²) in [6, 6.07) is 13.1. The second-order valence-corrected chi connectivity index (χ2v) is 8.97. The Balaban J connectivity index is 0.00000324. The van der Waals surface area contributed by atoms with Gasteiger partial charge in [-0.15, -0.1) is 0 Å². The Labute approximate surface area is 214 Å². The molecule has 0 bridgehead atoms. The van der Waals surface area contributed by atoms with Gasteiger partial charge < -0.3 is 20.1 Å². The minimum absolute atomic E-state index is 0. The molecule has 2 heterocycles. The third kappa shape index (κ3) is 6.96. The molecule has 1 fully saturated rings. The van der Waals surface area contributed by atoms with Gasteiger partial charge in [-0.2, -0.15) is 13.5 Å². The highest BCUT2D eigenvalue weighted by molar-refractivity contribution is 7.59. The van der Waals surface area contributed by atoms with E-state index >= 15 is 0 Å². The number of hydrogen-bond acceptors (Lipinski definition) is 5. The average molecular weight is 526 g/mol. The van der Waals surface area contributed by atoms with Crippen molar-refractivity contribution in [2.45, 2.75) is 25.0 Å². The SMILES string of the molecule is O=C(NC1CCN(C[C@H](O)COc2ccc(Cl)c(F)c2)CC1)c1ccc2cc(Cl)ccc2n1.S. The summed E-state index contributed by atoms with van der Waals surface area (Å²) in [6.07, 6.45) is 0.820. The summed E-state index contributed by atoms with van der Waals surface area (Å²) < 4.78 is 18.9. The number of aliphatic hydroxyl groups excluding tert-OH is 1. The van der Waals surface area contributed by atoms with Crippen LogP contribution in [-0.2, 0) is 0 Å². The summed E-state index contributed by atoms with van der Waals surface area (Å²) in [7, 11) is 0. The van der Waals surface area contributed by atoms with E-state index in [1.165, 1.54) is 12.1 Å². The van der Waals surface area contributed by atoms with Crippen LogP contribution in [0, 0.1) is 5.82 Å². The van der Waals surface area contributed by atoms with Crippen LogP contribution in [-0.4, -0.2) is 59.3 Å². The van der Waals surface area contributed by atoms with Gasteiger partial charge in [-0.25, -0.2) is 9.37 Å². The summed E-state index contributed by atoms with van der Waals surface area (Å²) in [4.78, 5) is 19.2. The van der Waals surface area contributed by atoms with Crippen molar-refractivity contribution in [1.29, 1.82) is 0 Å². The Morgan fingerprint density at radius 3 is 2.68 bits per heavy atom. The predicted octanol–water partition coefficient (Wildman–Crippen LogP) is 4.43. The van der Waals surface area contributed by atoms with Gasteiger partial charge in [-0.1, -0.05) is 29.3 Å². The minimum atomic E-state index is -0.717. The number of benzene rings is 2. The van der Waals surface area contributed by atoms with E-state index in [0.29, 0.717) is 23.0 Å². The fraction of sp³-hybridized carbons (Fsp3) is 0.333. The van der Waals surface area contributed by atoms with Gasteiger partial charge >= 0.3 is 0 Å². The van der Waals surface area contributed by atoms with E-state index in [1.807, 2.05) is 12.1 Å². The molecule has 0 spiro atoms. The Kier molecular flexibility index (Phi) is 9.39. The van der Waals surface area contributed by atoms with Crippen molar-refractivity contribution in [2.75, 3.05) is 26.2 Å². The zero-order chi connectivity index (χ0) is 23.4. The van der Waals surface area contributed by atoms with Gasteiger partial charge in [0.1, 0.15) is 30.0 Å². The molecule has 182 valence electrons. The lowest BCUT2D eigenvalue weighted by Gasteiger charge is -2.33. The smallest absolute Gasteiger partial charge is 0.270 e. The fourth-order valence-corrected chi connectivity index (χ4v) is 4.15. The molecule has 1 saturated heterocycles. The van der Waals surface area contributed by atoms with Crippen LogP contribution < -0.4 is 10.1 Å². The number of ether oxygens (including phenoxy) is 1. The van der Waals surface area contributed by atoms with Crippen molar-refractivity contribution in [2.24, 2.45) is 0 Å². The summed E-state index contributed by atoms with van der Waals surface area (Å²) in [5.74, 6) is -0.437. The van der Waals surface area contributed by atoms with E-state index in [9.17, 15) is 14.3 Å². The first-order valence-corrected chi connectivity index (χ1v) is 11.5. The number of nitrogens with one attached hydrogen (secondary N) is 1. The lowest BCUT2D eigenvalue weighted by atomic mass is 10.0. The number of pyridine rings is 1. The van der Waals surface area contributed by atoms with E-state index < -0.39 is 11.9 Å². The normalized spacial score (nSPS) is 15.5. The van der Waals surface area contributed by atoms with Crippen LogP contribution in [0.3, 0.4) is 0 Å². The van der Waals surface area contributed by atoms with Crippen LogP contribution in [0.1, 0.15) is 23.3 Å². The molecule has 4 rings (SSSR count). The van der Waals surface area contributed by atoms with Crippen LogP contribution >= 0.6 is 36.7 Å². The van der Waals surface area contributed by atoms with E-state index in [1.54, 1.807) is 24.3 Å². The second-order valence-electron chi connectivity index (χ2n) is 8.12. The molecule has 0 aliphatic carbocycles. The van der Waals surface area contributed by atoms with Crippen molar-refractivity contribution in [3.8, 4) is 5.75 Å². The Morgan fingerprint density at radius 2 is 1.94 bits per heavy atom. The number of piperidine rings is 1. The number of likely N-dealkylation sites (tertiary alicyclic amines) is 1. The van der Waals surface area contributed by atoms with Gasteiger partial charge in [0.15, 0.2) is 0 Å². The molecule has 0 unspecified atom stereocenters. The zero-order valence-corrected chi connectivity index (χ0v) is 20.8. The predicted molar refractivity (Wildman–Crippen MR) is 137 cm³/mol. The van der Waals surface area contributed by atoms with Gasteiger partial charge in [0.25, 0.3) is 5.91 Å².